The van der Waals surface area contributed by atoms with Crippen molar-refractivity contribution in [1.82, 2.24) is 10.2 Å². The highest BCUT2D eigenvalue weighted by Crippen LogP contribution is 2.37. The third-order valence-corrected chi connectivity index (χ3v) is 4.94. The number of methoxy groups -OCH3 is 1. The van der Waals surface area contributed by atoms with E-state index in [1.165, 1.54) is 56.3 Å². The van der Waals surface area contributed by atoms with Crippen LogP contribution in [0.1, 0.15) is 42.9 Å². The Hall–Kier alpha value is -1.06. The van der Waals surface area contributed by atoms with Gasteiger partial charge in [0.1, 0.15) is 5.75 Å². The molecule has 2 unspecified atom stereocenters. The zero-order valence-electron chi connectivity index (χ0n) is 12.7. The number of likely N-dealkylation sites (tertiary alicyclic amines) is 1. The van der Waals surface area contributed by atoms with E-state index in [2.05, 4.69) is 35.5 Å². The molecule has 1 aliphatic heterocycles. The minimum Gasteiger partial charge on any atom is -0.497 e. The largest absolute Gasteiger partial charge is 0.497 e. The van der Waals surface area contributed by atoms with Crippen molar-refractivity contribution < 1.29 is 4.74 Å². The van der Waals surface area contributed by atoms with Crippen molar-refractivity contribution in [2.45, 2.75) is 44.2 Å². The van der Waals surface area contributed by atoms with Crippen LogP contribution in [-0.4, -0.2) is 38.2 Å². The Labute approximate surface area is 122 Å². The lowest BCUT2D eigenvalue weighted by atomic mass is 9.85. The van der Waals surface area contributed by atoms with Gasteiger partial charge in [0.05, 0.1) is 7.11 Å². The van der Waals surface area contributed by atoms with Crippen LogP contribution >= 0.6 is 0 Å². The molecule has 1 fully saturated rings. The van der Waals surface area contributed by atoms with E-state index < -0.39 is 0 Å². The van der Waals surface area contributed by atoms with E-state index in [1.807, 2.05) is 0 Å². The quantitative estimate of drug-likeness (QED) is 0.917. The van der Waals surface area contributed by atoms with Gasteiger partial charge in [-0.1, -0.05) is 6.07 Å². The maximum absolute atomic E-state index is 5.43. The molecule has 3 nitrogen and oxygen atoms in total. The molecule has 110 valence electrons. The summed E-state index contributed by atoms with van der Waals surface area (Å²) in [4.78, 5) is 2.68. The number of aryl methyl sites for hydroxylation is 1. The molecule has 2 atom stereocenters. The summed E-state index contributed by atoms with van der Waals surface area (Å²) in [5.41, 5.74) is 3.03. The van der Waals surface area contributed by atoms with Crippen molar-refractivity contribution in [3.63, 3.8) is 0 Å². The lowest BCUT2D eigenvalue weighted by Gasteiger charge is -2.41. The molecule has 0 saturated carbocycles. The van der Waals surface area contributed by atoms with Gasteiger partial charge in [0.15, 0.2) is 0 Å². The van der Waals surface area contributed by atoms with Crippen LogP contribution in [0.2, 0.25) is 0 Å². The molecule has 0 bridgehead atoms. The lowest BCUT2D eigenvalue weighted by Crippen LogP contribution is -2.46. The molecule has 3 rings (SSSR count). The summed E-state index contributed by atoms with van der Waals surface area (Å²) in [6, 6.07) is 7.88. The first kappa shape index (κ1) is 13.9. The normalized spacial score (nSPS) is 27.1. The van der Waals surface area contributed by atoms with Gasteiger partial charge in [-0.3, -0.25) is 4.90 Å². The standard InChI is InChI=1S/C17H26N2O/c1-18-14-6-4-10-19(12-14)17-7-3-5-13-8-9-15(20-2)11-16(13)17/h8-9,11,14,17-18H,3-7,10,12H2,1-2H3. The second kappa shape index (κ2) is 6.15. The first-order chi connectivity index (χ1) is 9.81. The zero-order valence-corrected chi connectivity index (χ0v) is 12.7. The summed E-state index contributed by atoms with van der Waals surface area (Å²) in [6.45, 7) is 2.41. The van der Waals surface area contributed by atoms with Crippen molar-refractivity contribution in [2.24, 2.45) is 0 Å². The van der Waals surface area contributed by atoms with E-state index in [1.54, 1.807) is 7.11 Å². The van der Waals surface area contributed by atoms with Crippen molar-refractivity contribution in [3.05, 3.63) is 29.3 Å². The van der Waals surface area contributed by atoms with Crippen LogP contribution in [0.25, 0.3) is 0 Å². The molecule has 1 saturated heterocycles. The van der Waals surface area contributed by atoms with Crippen molar-refractivity contribution in [1.29, 1.82) is 0 Å². The molecule has 0 aromatic heterocycles. The average Bonchev–Trinajstić information content (AvgIpc) is 2.53. The second-order valence-corrected chi connectivity index (χ2v) is 6.10. The average molecular weight is 274 g/mol. The maximum Gasteiger partial charge on any atom is 0.119 e. The third kappa shape index (κ3) is 2.70. The predicted molar refractivity (Wildman–Crippen MR) is 82.3 cm³/mol. The topological polar surface area (TPSA) is 24.5 Å². The minimum absolute atomic E-state index is 0.588. The molecule has 3 heteroatoms. The highest BCUT2D eigenvalue weighted by atomic mass is 16.5. The first-order valence-electron chi connectivity index (χ1n) is 7.90. The van der Waals surface area contributed by atoms with Crippen LogP contribution < -0.4 is 10.1 Å². The van der Waals surface area contributed by atoms with Crippen LogP contribution in [0.3, 0.4) is 0 Å². The number of rotatable bonds is 3. The molecule has 0 spiro atoms. The molecule has 1 aliphatic carbocycles. The number of nitrogens with zero attached hydrogens (tertiary/aromatic N) is 1. The van der Waals surface area contributed by atoms with Crippen LogP contribution in [-0.2, 0) is 6.42 Å². The molecular weight excluding hydrogens is 248 g/mol. The fraction of sp³-hybridized carbons (Fsp3) is 0.647. The van der Waals surface area contributed by atoms with Gasteiger partial charge in [-0.25, -0.2) is 0 Å². The van der Waals surface area contributed by atoms with Crippen molar-refractivity contribution in [3.8, 4) is 5.75 Å². The molecule has 1 heterocycles. The van der Waals surface area contributed by atoms with E-state index in [-0.39, 0.29) is 0 Å². The minimum atomic E-state index is 0.588. The summed E-state index contributed by atoms with van der Waals surface area (Å²) >= 11 is 0. The molecule has 1 aromatic rings. The highest BCUT2D eigenvalue weighted by molar-refractivity contribution is 5.39. The number of ether oxygens (including phenoxy) is 1. The van der Waals surface area contributed by atoms with Gasteiger partial charge in [-0.05, 0) is 69.0 Å². The highest BCUT2D eigenvalue weighted by Gasteiger charge is 2.29. The van der Waals surface area contributed by atoms with E-state index >= 15 is 0 Å². The van der Waals surface area contributed by atoms with Gasteiger partial charge in [-0.2, -0.15) is 0 Å². The second-order valence-electron chi connectivity index (χ2n) is 6.10. The van der Waals surface area contributed by atoms with E-state index in [0.29, 0.717) is 12.1 Å². The Balaban J connectivity index is 1.84. The number of likely N-dealkylation sites (N-methyl/N-ethyl adjacent to an activating group) is 1. The number of fused-ring (bicyclic) bond motifs is 1. The number of nitrogens with one attached hydrogen (secondary N) is 1. The SMILES string of the molecule is CNC1CCCN(C2CCCc3ccc(OC)cc32)C1. The van der Waals surface area contributed by atoms with E-state index in [9.17, 15) is 0 Å². The summed E-state index contributed by atoms with van der Waals surface area (Å²) < 4.78 is 5.43. The van der Waals surface area contributed by atoms with Crippen LogP contribution in [0.4, 0.5) is 0 Å². The molecule has 0 radical (unpaired) electrons. The van der Waals surface area contributed by atoms with E-state index in [4.69, 9.17) is 4.74 Å². The number of benzene rings is 1. The smallest absolute Gasteiger partial charge is 0.119 e. The van der Waals surface area contributed by atoms with Gasteiger partial charge in [0.2, 0.25) is 0 Å². The molecule has 1 N–H and O–H groups in total. The summed E-state index contributed by atoms with van der Waals surface area (Å²) in [6.07, 6.45) is 6.44. The Morgan fingerprint density at radius 2 is 2.15 bits per heavy atom. The van der Waals surface area contributed by atoms with Gasteiger partial charge in [0, 0.05) is 18.6 Å². The lowest BCUT2D eigenvalue weighted by molar-refractivity contribution is 0.127. The summed E-state index contributed by atoms with van der Waals surface area (Å²) in [5, 5.41) is 3.45. The zero-order chi connectivity index (χ0) is 13.9. The predicted octanol–water partition coefficient (Wildman–Crippen LogP) is 2.76. The molecule has 2 aliphatic rings. The number of hydrogen-bond acceptors (Lipinski definition) is 3. The van der Waals surface area contributed by atoms with Gasteiger partial charge in [-0.15, -0.1) is 0 Å². The number of hydrogen-bond donors (Lipinski definition) is 1. The van der Waals surface area contributed by atoms with Gasteiger partial charge in [0.25, 0.3) is 0 Å². The van der Waals surface area contributed by atoms with Gasteiger partial charge >= 0.3 is 0 Å². The third-order valence-electron chi connectivity index (χ3n) is 4.94. The number of piperidine rings is 1. The first-order valence-corrected chi connectivity index (χ1v) is 7.90. The fourth-order valence-electron chi connectivity index (χ4n) is 3.78. The Morgan fingerprint density at radius 3 is 2.95 bits per heavy atom. The van der Waals surface area contributed by atoms with Crippen LogP contribution in [0, 0.1) is 0 Å². The molecular formula is C17H26N2O. The Morgan fingerprint density at radius 1 is 1.25 bits per heavy atom. The Kier molecular flexibility index (Phi) is 4.27. The fourth-order valence-corrected chi connectivity index (χ4v) is 3.78. The maximum atomic E-state index is 5.43. The molecule has 0 amide bonds. The summed E-state index contributed by atoms with van der Waals surface area (Å²) in [5.74, 6) is 0.998. The Bertz CT molecular complexity index is 460. The van der Waals surface area contributed by atoms with Gasteiger partial charge < -0.3 is 10.1 Å². The molecule has 1 aromatic carbocycles. The summed E-state index contributed by atoms with van der Waals surface area (Å²) in [7, 11) is 3.85. The van der Waals surface area contributed by atoms with Crippen molar-refractivity contribution >= 4 is 0 Å². The van der Waals surface area contributed by atoms with E-state index in [0.717, 1.165) is 5.75 Å². The molecule has 20 heavy (non-hydrogen) atoms. The van der Waals surface area contributed by atoms with Crippen LogP contribution in [0.15, 0.2) is 18.2 Å². The van der Waals surface area contributed by atoms with Crippen LogP contribution in [0.5, 0.6) is 5.75 Å². The van der Waals surface area contributed by atoms with Crippen molar-refractivity contribution in [2.75, 3.05) is 27.2 Å². The monoisotopic (exact) mass is 274 g/mol.